The lowest BCUT2D eigenvalue weighted by atomic mass is 10.0. The van der Waals surface area contributed by atoms with Gasteiger partial charge in [-0.15, -0.1) is 0 Å². The van der Waals surface area contributed by atoms with Crippen LogP contribution in [0.4, 0.5) is 5.69 Å². The molecule has 1 aromatic carbocycles. The minimum atomic E-state index is -0.512. The number of carbonyl (C=O) groups excluding carboxylic acids is 3. The number of ether oxygens (including phenoxy) is 3. The highest BCUT2D eigenvalue weighted by Crippen LogP contribution is 2.42. The Hall–Kier alpha value is -2.45. The van der Waals surface area contributed by atoms with Crippen LogP contribution in [-0.4, -0.2) is 61.9 Å². The highest BCUT2D eigenvalue weighted by molar-refractivity contribution is 6.00. The maximum absolute atomic E-state index is 12.7. The van der Waals surface area contributed by atoms with E-state index in [2.05, 4.69) is 10.1 Å². The van der Waals surface area contributed by atoms with Crippen LogP contribution < -0.4 is 5.32 Å². The zero-order valence-electron chi connectivity index (χ0n) is 15.8. The summed E-state index contributed by atoms with van der Waals surface area (Å²) in [4.78, 5) is 38.6. The molecule has 2 aliphatic heterocycles. The summed E-state index contributed by atoms with van der Waals surface area (Å²) in [5, 5.41) is 2.79. The van der Waals surface area contributed by atoms with E-state index in [4.69, 9.17) is 9.47 Å². The minimum absolute atomic E-state index is 0.0244. The molecular weight excluding hydrogens is 364 g/mol. The second-order valence-corrected chi connectivity index (χ2v) is 7.44. The number of carbonyl (C=O) groups is 3. The number of amides is 2. The van der Waals surface area contributed by atoms with E-state index in [0.717, 1.165) is 0 Å². The molecule has 4 rings (SSSR count). The monoisotopic (exact) mass is 388 g/mol. The quantitative estimate of drug-likeness (QED) is 0.784. The van der Waals surface area contributed by atoms with Crippen molar-refractivity contribution < 1.29 is 28.6 Å². The summed E-state index contributed by atoms with van der Waals surface area (Å²) >= 11 is 0. The fraction of sp³-hybridized carbons (Fsp3) is 0.550. The van der Waals surface area contributed by atoms with Crippen molar-refractivity contribution in [3.63, 3.8) is 0 Å². The molecule has 150 valence electrons. The standard InChI is InChI=1S/C20H24N2O6/c1-26-19(25)13-3-2-4-14(11-13)21-17(23)15-12-16(15)18(24)22-7-5-20(6-8-22)27-9-10-28-20/h2-4,11,15-16H,5-10,12H2,1H3,(H,21,23). The van der Waals surface area contributed by atoms with E-state index >= 15 is 0 Å². The molecule has 2 unspecified atom stereocenters. The van der Waals surface area contributed by atoms with Crippen molar-refractivity contribution >= 4 is 23.5 Å². The predicted molar refractivity (Wildman–Crippen MR) is 98.5 cm³/mol. The first-order chi connectivity index (χ1) is 13.5. The summed E-state index contributed by atoms with van der Waals surface area (Å²) in [7, 11) is 1.31. The van der Waals surface area contributed by atoms with Gasteiger partial charge in [0.15, 0.2) is 5.79 Å². The molecule has 1 aliphatic carbocycles. The van der Waals surface area contributed by atoms with Gasteiger partial charge in [-0.25, -0.2) is 4.79 Å². The van der Waals surface area contributed by atoms with Crippen LogP contribution in [0.25, 0.3) is 0 Å². The number of methoxy groups -OCH3 is 1. The van der Waals surface area contributed by atoms with E-state index in [1.807, 2.05) is 4.90 Å². The number of hydrogen-bond acceptors (Lipinski definition) is 6. The fourth-order valence-corrected chi connectivity index (χ4v) is 3.92. The molecule has 3 aliphatic rings. The average Bonchev–Trinajstić information content (AvgIpc) is 3.41. The summed E-state index contributed by atoms with van der Waals surface area (Å²) < 4.78 is 16.1. The van der Waals surface area contributed by atoms with Crippen molar-refractivity contribution in [1.29, 1.82) is 0 Å². The number of benzene rings is 1. The predicted octanol–water partition coefficient (Wildman–Crippen LogP) is 1.41. The third kappa shape index (κ3) is 3.74. The summed E-state index contributed by atoms with van der Waals surface area (Å²) in [6.07, 6.45) is 1.89. The largest absolute Gasteiger partial charge is 0.465 e. The van der Waals surface area contributed by atoms with Crippen molar-refractivity contribution in [2.45, 2.75) is 25.0 Å². The smallest absolute Gasteiger partial charge is 0.337 e. The lowest BCUT2D eigenvalue weighted by molar-refractivity contribution is -0.187. The van der Waals surface area contributed by atoms with Gasteiger partial charge in [0.2, 0.25) is 11.8 Å². The van der Waals surface area contributed by atoms with E-state index in [-0.39, 0.29) is 23.7 Å². The molecule has 0 aromatic heterocycles. The van der Waals surface area contributed by atoms with Gasteiger partial charge < -0.3 is 24.4 Å². The van der Waals surface area contributed by atoms with Crippen molar-refractivity contribution in [3.05, 3.63) is 29.8 Å². The molecule has 2 amide bonds. The number of likely N-dealkylation sites (tertiary alicyclic amines) is 1. The maximum atomic E-state index is 12.7. The number of anilines is 1. The van der Waals surface area contributed by atoms with Gasteiger partial charge in [-0.1, -0.05) is 6.07 Å². The van der Waals surface area contributed by atoms with E-state index < -0.39 is 11.8 Å². The zero-order chi connectivity index (χ0) is 19.7. The summed E-state index contributed by atoms with van der Waals surface area (Å²) in [5.74, 6) is -1.75. The SMILES string of the molecule is COC(=O)c1cccc(NC(=O)C2CC2C(=O)N2CCC3(CC2)OCCO3)c1. The van der Waals surface area contributed by atoms with Crippen molar-refractivity contribution in [3.8, 4) is 0 Å². The fourth-order valence-electron chi connectivity index (χ4n) is 3.92. The molecule has 0 bridgehead atoms. The van der Waals surface area contributed by atoms with E-state index in [9.17, 15) is 14.4 Å². The molecule has 3 fully saturated rings. The summed E-state index contributed by atoms with van der Waals surface area (Å²) in [6.45, 7) is 2.39. The van der Waals surface area contributed by atoms with Gasteiger partial charge in [0.1, 0.15) is 0 Å². The molecule has 2 saturated heterocycles. The summed E-state index contributed by atoms with van der Waals surface area (Å²) in [6, 6.07) is 6.56. The average molecular weight is 388 g/mol. The van der Waals surface area contributed by atoms with Crippen LogP contribution in [0.15, 0.2) is 24.3 Å². The molecule has 8 nitrogen and oxygen atoms in total. The van der Waals surface area contributed by atoms with Crippen LogP contribution in [0.3, 0.4) is 0 Å². The van der Waals surface area contributed by atoms with E-state index in [1.54, 1.807) is 24.3 Å². The topological polar surface area (TPSA) is 94.2 Å². The third-order valence-electron chi connectivity index (χ3n) is 5.65. The first-order valence-corrected chi connectivity index (χ1v) is 9.57. The van der Waals surface area contributed by atoms with Gasteiger partial charge in [-0.3, -0.25) is 9.59 Å². The highest BCUT2D eigenvalue weighted by atomic mass is 16.7. The first kappa shape index (κ1) is 18.9. The number of rotatable bonds is 4. The Morgan fingerprint density at radius 1 is 1.14 bits per heavy atom. The second-order valence-electron chi connectivity index (χ2n) is 7.44. The normalized spacial score (nSPS) is 25.4. The van der Waals surface area contributed by atoms with Gasteiger partial charge in [0.05, 0.1) is 37.7 Å². The Labute approximate surface area is 163 Å². The molecule has 0 radical (unpaired) electrons. The van der Waals surface area contributed by atoms with Gasteiger partial charge in [-0.2, -0.15) is 0 Å². The number of nitrogens with zero attached hydrogens (tertiary/aromatic N) is 1. The van der Waals surface area contributed by atoms with Gasteiger partial charge >= 0.3 is 5.97 Å². The van der Waals surface area contributed by atoms with Gasteiger partial charge in [0, 0.05) is 31.6 Å². The van der Waals surface area contributed by atoms with Gasteiger partial charge in [0.25, 0.3) is 0 Å². The molecule has 8 heteroatoms. The van der Waals surface area contributed by atoms with Crippen LogP contribution in [0, 0.1) is 11.8 Å². The van der Waals surface area contributed by atoms with E-state index in [0.29, 0.717) is 56.8 Å². The van der Waals surface area contributed by atoms with Crippen molar-refractivity contribution in [2.75, 3.05) is 38.7 Å². The van der Waals surface area contributed by atoms with Crippen LogP contribution >= 0.6 is 0 Å². The van der Waals surface area contributed by atoms with E-state index in [1.165, 1.54) is 7.11 Å². The van der Waals surface area contributed by atoms with Crippen LogP contribution in [0.5, 0.6) is 0 Å². The molecule has 28 heavy (non-hydrogen) atoms. The lowest BCUT2D eigenvalue weighted by Gasteiger charge is -2.37. The Bertz CT molecular complexity index is 779. The Morgan fingerprint density at radius 2 is 1.86 bits per heavy atom. The lowest BCUT2D eigenvalue weighted by Crippen LogP contribution is -2.48. The molecule has 1 N–H and O–H groups in total. The van der Waals surface area contributed by atoms with Crippen LogP contribution in [0.2, 0.25) is 0 Å². The number of hydrogen-bond donors (Lipinski definition) is 1. The molecule has 2 heterocycles. The number of nitrogens with one attached hydrogen (secondary N) is 1. The molecule has 1 aromatic rings. The Kier molecular flexibility index (Phi) is 5.07. The summed E-state index contributed by atoms with van der Waals surface area (Å²) in [5.41, 5.74) is 0.878. The molecule has 1 saturated carbocycles. The Balaban J connectivity index is 1.30. The molecular formula is C20H24N2O6. The highest BCUT2D eigenvalue weighted by Gasteiger charge is 2.51. The number of piperidine rings is 1. The maximum Gasteiger partial charge on any atom is 0.337 e. The molecule has 2 atom stereocenters. The first-order valence-electron chi connectivity index (χ1n) is 9.57. The Morgan fingerprint density at radius 3 is 2.54 bits per heavy atom. The van der Waals surface area contributed by atoms with Gasteiger partial charge in [-0.05, 0) is 24.6 Å². The second kappa shape index (κ2) is 7.52. The van der Waals surface area contributed by atoms with Crippen LogP contribution in [0.1, 0.15) is 29.6 Å². The minimum Gasteiger partial charge on any atom is -0.465 e. The molecule has 1 spiro atoms. The van der Waals surface area contributed by atoms with Crippen LogP contribution in [-0.2, 0) is 23.8 Å². The van der Waals surface area contributed by atoms with Crippen molar-refractivity contribution in [1.82, 2.24) is 4.90 Å². The van der Waals surface area contributed by atoms with Crippen molar-refractivity contribution in [2.24, 2.45) is 11.8 Å². The zero-order valence-corrected chi connectivity index (χ0v) is 15.8. The third-order valence-corrected chi connectivity index (χ3v) is 5.65. The number of esters is 1.